The zero-order chi connectivity index (χ0) is 15.2. The van der Waals surface area contributed by atoms with E-state index in [1.807, 2.05) is 5.38 Å². The molecule has 1 heterocycles. The summed E-state index contributed by atoms with van der Waals surface area (Å²) in [5.74, 6) is -0.270. The van der Waals surface area contributed by atoms with E-state index in [-0.39, 0.29) is 11.8 Å². The first kappa shape index (κ1) is 15.5. The van der Waals surface area contributed by atoms with Crippen LogP contribution < -0.4 is 10.6 Å². The largest absolute Gasteiger partial charge is 0.359 e. The number of rotatable bonds is 5. The van der Waals surface area contributed by atoms with Crippen LogP contribution in [-0.4, -0.2) is 23.8 Å². The molecule has 0 radical (unpaired) electrons. The predicted octanol–water partition coefficient (Wildman–Crippen LogP) is 2.73. The van der Waals surface area contributed by atoms with E-state index in [1.165, 1.54) is 11.3 Å². The van der Waals surface area contributed by atoms with Crippen molar-refractivity contribution >= 4 is 39.9 Å². The van der Waals surface area contributed by atoms with Gasteiger partial charge in [0.25, 0.3) is 5.91 Å². The molecule has 1 aromatic heterocycles. The first-order chi connectivity index (χ1) is 10.1. The van der Waals surface area contributed by atoms with Crippen LogP contribution in [0.5, 0.6) is 0 Å². The van der Waals surface area contributed by atoms with Crippen molar-refractivity contribution in [3.63, 3.8) is 0 Å². The number of hydrogen-bond donors (Lipinski definition) is 2. The van der Waals surface area contributed by atoms with E-state index in [9.17, 15) is 9.59 Å². The number of benzene rings is 1. The number of thiazole rings is 1. The predicted molar refractivity (Wildman–Crippen MR) is 83.9 cm³/mol. The van der Waals surface area contributed by atoms with Gasteiger partial charge in [0.05, 0.1) is 5.69 Å². The molecule has 0 saturated carbocycles. The molecule has 0 aliphatic carbocycles. The van der Waals surface area contributed by atoms with Crippen molar-refractivity contribution in [2.45, 2.75) is 12.8 Å². The van der Waals surface area contributed by atoms with E-state index >= 15 is 0 Å². The number of nitrogens with one attached hydrogen (secondary N) is 2. The number of halogens is 1. The van der Waals surface area contributed by atoms with E-state index in [0.29, 0.717) is 28.6 Å². The van der Waals surface area contributed by atoms with Crippen LogP contribution in [0.1, 0.15) is 22.5 Å². The Kier molecular flexibility index (Phi) is 5.30. The van der Waals surface area contributed by atoms with Crippen LogP contribution in [0.4, 0.5) is 5.13 Å². The molecule has 2 aromatic rings. The van der Waals surface area contributed by atoms with Gasteiger partial charge in [-0.15, -0.1) is 11.3 Å². The number of anilines is 1. The molecule has 21 heavy (non-hydrogen) atoms. The smallest absolute Gasteiger partial charge is 0.257 e. The minimum Gasteiger partial charge on any atom is -0.359 e. The second-order valence-corrected chi connectivity index (χ2v) is 5.57. The molecular weight excluding hydrogens is 310 g/mol. The summed E-state index contributed by atoms with van der Waals surface area (Å²) in [6, 6.07) is 6.62. The summed E-state index contributed by atoms with van der Waals surface area (Å²) in [5.41, 5.74) is 1.30. The van der Waals surface area contributed by atoms with Crippen molar-refractivity contribution in [2.75, 3.05) is 12.4 Å². The van der Waals surface area contributed by atoms with Crippen LogP contribution in [0.2, 0.25) is 5.02 Å². The summed E-state index contributed by atoms with van der Waals surface area (Å²) in [7, 11) is 1.60. The maximum absolute atomic E-state index is 12.0. The number of hydrogen-bond acceptors (Lipinski definition) is 4. The average Bonchev–Trinajstić information content (AvgIpc) is 2.93. The summed E-state index contributed by atoms with van der Waals surface area (Å²) in [6.07, 6.45) is 0.928. The van der Waals surface area contributed by atoms with Crippen molar-refractivity contribution < 1.29 is 9.59 Å². The normalized spacial score (nSPS) is 10.2. The van der Waals surface area contributed by atoms with Crippen LogP contribution in [0.3, 0.4) is 0 Å². The van der Waals surface area contributed by atoms with E-state index in [0.717, 1.165) is 5.69 Å². The molecule has 2 rings (SSSR count). The SMILES string of the molecule is CNC(=O)CCc1csc(NC(=O)c2ccc(Cl)cc2)n1. The summed E-state index contributed by atoms with van der Waals surface area (Å²) in [5, 5.41) is 8.21. The molecule has 7 heteroatoms. The van der Waals surface area contributed by atoms with Crippen molar-refractivity contribution in [1.82, 2.24) is 10.3 Å². The van der Waals surface area contributed by atoms with Gasteiger partial charge in [0.15, 0.2) is 5.13 Å². The number of aromatic nitrogens is 1. The van der Waals surface area contributed by atoms with Gasteiger partial charge < -0.3 is 5.32 Å². The van der Waals surface area contributed by atoms with Crippen molar-refractivity contribution in [1.29, 1.82) is 0 Å². The number of nitrogens with zero attached hydrogens (tertiary/aromatic N) is 1. The molecule has 0 spiro atoms. The van der Waals surface area contributed by atoms with E-state index in [4.69, 9.17) is 11.6 Å². The average molecular weight is 324 g/mol. The van der Waals surface area contributed by atoms with Crippen molar-refractivity contribution in [3.05, 3.63) is 45.9 Å². The quantitative estimate of drug-likeness (QED) is 0.888. The van der Waals surface area contributed by atoms with Crippen molar-refractivity contribution in [3.8, 4) is 0 Å². The molecule has 110 valence electrons. The fourth-order valence-electron chi connectivity index (χ4n) is 1.62. The second kappa shape index (κ2) is 7.19. The van der Waals surface area contributed by atoms with E-state index in [2.05, 4.69) is 15.6 Å². The summed E-state index contributed by atoms with van der Waals surface area (Å²) in [6.45, 7) is 0. The first-order valence-corrected chi connectivity index (χ1v) is 7.56. The third-order valence-corrected chi connectivity index (χ3v) is 3.82. The molecule has 0 bridgehead atoms. The van der Waals surface area contributed by atoms with Crippen LogP contribution in [-0.2, 0) is 11.2 Å². The van der Waals surface area contributed by atoms with Crippen LogP contribution in [0.15, 0.2) is 29.6 Å². The maximum atomic E-state index is 12.0. The Balaban J connectivity index is 1.94. The lowest BCUT2D eigenvalue weighted by molar-refractivity contribution is -0.120. The number of amides is 2. The number of carbonyl (C=O) groups excluding carboxylic acids is 2. The Labute approximate surface area is 131 Å². The van der Waals surface area contributed by atoms with Gasteiger partial charge in [0.1, 0.15) is 0 Å². The van der Waals surface area contributed by atoms with Crippen LogP contribution >= 0.6 is 22.9 Å². The lowest BCUT2D eigenvalue weighted by Crippen LogP contribution is -2.18. The van der Waals surface area contributed by atoms with E-state index in [1.54, 1.807) is 31.3 Å². The topological polar surface area (TPSA) is 71.1 Å². The standard InChI is InChI=1S/C14H14ClN3O2S/c1-16-12(19)7-6-11-8-21-14(17-11)18-13(20)9-2-4-10(15)5-3-9/h2-5,8H,6-7H2,1H3,(H,16,19)(H,17,18,20). The summed E-state index contributed by atoms with van der Waals surface area (Å²) < 4.78 is 0. The lowest BCUT2D eigenvalue weighted by atomic mass is 10.2. The zero-order valence-corrected chi connectivity index (χ0v) is 12.9. The summed E-state index contributed by atoms with van der Waals surface area (Å²) >= 11 is 7.11. The van der Waals surface area contributed by atoms with Gasteiger partial charge in [-0.1, -0.05) is 11.6 Å². The lowest BCUT2D eigenvalue weighted by Gasteiger charge is -2.01. The maximum Gasteiger partial charge on any atom is 0.257 e. The van der Waals surface area contributed by atoms with Gasteiger partial charge in [-0.05, 0) is 30.7 Å². The number of aryl methyl sites for hydroxylation is 1. The minimum absolute atomic E-state index is 0.0326. The number of carbonyl (C=O) groups is 2. The van der Waals surface area contributed by atoms with Crippen LogP contribution in [0.25, 0.3) is 0 Å². The first-order valence-electron chi connectivity index (χ1n) is 6.30. The van der Waals surface area contributed by atoms with Gasteiger partial charge in [0.2, 0.25) is 5.91 Å². The fourth-order valence-corrected chi connectivity index (χ4v) is 2.48. The molecule has 2 N–H and O–H groups in total. The molecule has 0 saturated heterocycles. The highest BCUT2D eigenvalue weighted by atomic mass is 35.5. The third-order valence-electron chi connectivity index (χ3n) is 2.77. The molecule has 5 nitrogen and oxygen atoms in total. The Morgan fingerprint density at radius 3 is 2.67 bits per heavy atom. The van der Waals surface area contributed by atoms with Crippen molar-refractivity contribution in [2.24, 2.45) is 0 Å². The molecular formula is C14H14ClN3O2S. The molecule has 0 fully saturated rings. The molecule has 1 aromatic carbocycles. The molecule has 0 aliphatic rings. The second-order valence-electron chi connectivity index (χ2n) is 4.28. The Hall–Kier alpha value is -1.92. The highest BCUT2D eigenvalue weighted by Gasteiger charge is 2.09. The third kappa shape index (κ3) is 4.54. The molecule has 0 atom stereocenters. The molecule has 0 unspecified atom stereocenters. The van der Waals surface area contributed by atoms with Gasteiger partial charge in [-0.3, -0.25) is 14.9 Å². The Morgan fingerprint density at radius 2 is 2.00 bits per heavy atom. The highest BCUT2D eigenvalue weighted by molar-refractivity contribution is 7.14. The van der Waals surface area contributed by atoms with Gasteiger partial charge in [0, 0.05) is 29.4 Å². The van der Waals surface area contributed by atoms with E-state index < -0.39 is 0 Å². The monoisotopic (exact) mass is 323 g/mol. The highest BCUT2D eigenvalue weighted by Crippen LogP contribution is 2.18. The van der Waals surface area contributed by atoms with Crippen LogP contribution in [0, 0.1) is 0 Å². The molecule has 2 amide bonds. The zero-order valence-electron chi connectivity index (χ0n) is 11.4. The Morgan fingerprint density at radius 1 is 1.29 bits per heavy atom. The van der Waals surface area contributed by atoms with Gasteiger partial charge >= 0.3 is 0 Å². The Bertz CT molecular complexity index is 640. The fraction of sp³-hybridized carbons (Fsp3) is 0.214. The van der Waals surface area contributed by atoms with Gasteiger partial charge in [-0.25, -0.2) is 4.98 Å². The summed E-state index contributed by atoms with van der Waals surface area (Å²) in [4.78, 5) is 27.4. The molecule has 0 aliphatic heterocycles. The van der Waals surface area contributed by atoms with Gasteiger partial charge in [-0.2, -0.15) is 0 Å². The minimum atomic E-state index is -0.237.